The predicted octanol–water partition coefficient (Wildman–Crippen LogP) is 13.3. The molecule has 8 rings (SSSR count). The summed E-state index contributed by atoms with van der Waals surface area (Å²) < 4.78 is 6.07. The predicted molar refractivity (Wildman–Crippen MR) is 229 cm³/mol. The van der Waals surface area contributed by atoms with E-state index in [0.717, 1.165) is 57.1 Å². The van der Waals surface area contributed by atoms with Crippen LogP contribution in [-0.4, -0.2) is 23.0 Å². The smallest absolute Gasteiger partial charge is 0.216 e. The van der Waals surface area contributed by atoms with Gasteiger partial charge in [-0.2, -0.15) is 0 Å². The van der Waals surface area contributed by atoms with Crippen molar-refractivity contribution in [1.29, 1.82) is 0 Å². The zero-order valence-electron chi connectivity index (χ0n) is 34.1. The van der Waals surface area contributed by atoms with Crippen LogP contribution in [0.2, 0.25) is 19.6 Å². The zero-order chi connectivity index (χ0) is 37.9. The largest absolute Gasteiger partial charge is 0.486 e. The first-order valence-electron chi connectivity index (χ1n) is 20.6. The molecule has 1 unspecified atom stereocenters. The van der Waals surface area contributed by atoms with Crippen molar-refractivity contribution in [2.75, 3.05) is 0 Å². The van der Waals surface area contributed by atoms with Crippen molar-refractivity contribution >= 4 is 35.3 Å². The van der Waals surface area contributed by atoms with Crippen molar-refractivity contribution in [3.63, 3.8) is 0 Å². The maximum atomic E-state index is 6.07. The second kappa shape index (κ2) is 17.8. The quantitative estimate of drug-likeness (QED) is 0.118. The second-order valence-corrected chi connectivity index (χ2v) is 23.3. The molecule has 291 valence electrons. The number of benzene rings is 2. The van der Waals surface area contributed by atoms with E-state index >= 15 is 0 Å². The van der Waals surface area contributed by atoms with E-state index in [4.69, 9.17) is 9.40 Å². The van der Waals surface area contributed by atoms with E-state index in [2.05, 4.69) is 112 Å². The molecule has 1 atom stereocenters. The van der Waals surface area contributed by atoms with E-state index in [1.807, 2.05) is 30.5 Å². The van der Waals surface area contributed by atoms with E-state index in [-0.39, 0.29) is 25.5 Å². The van der Waals surface area contributed by atoms with Crippen molar-refractivity contribution in [2.24, 2.45) is 11.3 Å². The molecule has 2 aliphatic rings. The summed E-state index contributed by atoms with van der Waals surface area (Å²) in [5, 5.41) is 3.61. The van der Waals surface area contributed by atoms with Gasteiger partial charge in [0, 0.05) is 44.1 Å². The minimum absolute atomic E-state index is 0. The molecule has 0 saturated heterocycles. The monoisotopic (exact) mass is 926 g/mol. The minimum Gasteiger partial charge on any atom is -0.486 e. The minimum atomic E-state index is -1.41. The van der Waals surface area contributed by atoms with Crippen LogP contribution in [0.5, 0.6) is 0 Å². The van der Waals surface area contributed by atoms with Gasteiger partial charge in [-0.3, -0.25) is 0 Å². The molecule has 2 aromatic carbocycles. The Labute approximate surface area is 344 Å². The Hall–Kier alpha value is -3.44. The van der Waals surface area contributed by atoms with Crippen LogP contribution < -0.4 is 5.19 Å². The van der Waals surface area contributed by atoms with Gasteiger partial charge in [0.05, 0.1) is 13.7 Å². The van der Waals surface area contributed by atoms with Gasteiger partial charge in [0.1, 0.15) is 0 Å². The van der Waals surface area contributed by atoms with E-state index in [1.54, 1.807) is 6.20 Å². The average molecular weight is 926 g/mol. The van der Waals surface area contributed by atoms with Crippen LogP contribution in [0.1, 0.15) is 120 Å². The Morgan fingerprint density at radius 1 is 0.800 bits per heavy atom. The standard InChI is InChI=1S/C25H36NSi.C24H23N2O.Ir/c1-25(2,3)17-22-16-23(26-18-24(22)27(4,5)6)21-14-12-20(13-15-21)19-10-8-7-9-11-19;1-16(17-7-3-2-4-8-17)18-12-14-25-22(15-18)21-10-5-9-19-20-11-6-13-26-24(20)27-23(19)21;/h12-14,16,18-19H,7-11,17H2,1-6H3;5-6,9,11-17H,2-4,7-8H2,1H3;/q2*-1;. The van der Waals surface area contributed by atoms with Gasteiger partial charge in [0.2, 0.25) is 5.71 Å². The third-order valence-corrected chi connectivity index (χ3v) is 13.9. The van der Waals surface area contributed by atoms with Crippen molar-refractivity contribution < 1.29 is 24.5 Å². The molecule has 1 radical (unpaired) electrons. The molecule has 0 N–H and O–H groups in total. The Morgan fingerprint density at radius 3 is 2.24 bits per heavy atom. The van der Waals surface area contributed by atoms with Gasteiger partial charge in [-0.25, -0.2) is 4.98 Å². The van der Waals surface area contributed by atoms with Gasteiger partial charge in [-0.15, -0.1) is 53.6 Å². The Kier molecular flexibility index (Phi) is 13.3. The van der Waals surface area contributed by atoms with E-state index < -0.39 is 8.07 Å². The van der Waals surface area contributed by atoms with Gasteiger partial charge in [0.25, 0.3) is 0 Å². The molecular weight excluding hydrogens is 867 g/mol. The molecule has 0 bridgehead atoms. The number of fused-ring (bicyclic) bond motifs is 3. The summed E-state index contributed by atoms with van der Waals surface area (Å²) >= 11 is 0. The summed E-state index contributed by atoms with van der Waals surface area (Å²) in [7, 11) is -1.41. The number of furan rings is 1. The first-order valence-corrected chi connectivity index (χ1v) is 24.1. The summed E-state index contributed by atoms with van der Waals surface area (Å²) in [5.41, 5.74) is 10.1. The van der Waals surface area contributed by atoms with Crippen LogP contribution in [0.25, 0.3) is 44.6 Å². The maximum Gasteiger partial charge on any atom is 0.216 e. The third-order valence-electron chi connectivity index (χ3n) is 11.8. The number of hydrogen-bond donors (Lipinski definition) is 0. The number of rotatable bonds is 7. The van der Waals surface area contributed by atoms with Crippen LogP contribution in [0.15, 0.2) is 83.7 Å². The summed E-state index contributed by atoms with van der Waals surface area (Å²) in [6.07, 6.45) is 20.6. The molecule has 6 aromatic rings. The van der Waals surface area contributed by atoms with Gasteiger partial charge in [-0.1, -0.05) is 139 Å². The number of aromatic nitrogens is 3. The van der Waals surface area contributed by atoms with Crippen LogP contribution in [0, 0.1) is 23.5 Å². The SMILES string of the molecule is CC(C)(C)Cc1cc(-c2[c-]cc(C3CCCCC3)cc2)ncc1[Si](C)(C)C.CC(c1ccnc(-c2[c-]ccc3c2oc2ncccc23)c1)C1CCCCC1.[Ir]. The van der Waals surface area contributed by atoms with Crippen molar-refractivity contribution in [2.45, 2.75) is 130 Å². The topological polar surface area (TPSA) is 51.8 Å². The third kappa shape index (κ3) is 9.93. The average Bonchev–Trinajstić information content (AvgIpc) is 3.57. The molecule has 2 aliphatic carbocycles. The van der Waals surface area contributed by atoms with Gasteiger partial charge < -0.3 is 14.4 Å². The Bertz CT molecular complexity index is 2170. The molecule has 2 saturated carbocycles. The number of hydrogen-bond acceptors (Lipinski definition) is 4. The zero-order valence-corrected chi connectivity index (χ0v) is 37.5. The van der Waals surface area contributed by atoms with Gasteiger partial charge in [-0.05, 0) is 71.3 Å². The fraction of sp³-hybridized carbons (Fsp3) is 0.449. The summed E-state index contributed by atoms with van der Waals surface area (Å²) in [6, 6.07) is 28.4. The first kappa shape index (κ1) is 41.2. The molecule has 4 aromatic heterocycles. The normalized spacial score (nSPS) is 16.3. The summed E-state index contributed by atoms with van der Waals surface area (Å²) in [4.78, 5) is 13.9. The van der Waals surface area contributed by atoms with Crippen LogP contribution >= 0.6 is 0 Å². The van der Waals surface area contributed by atoms with E-state index in [0.29, 0.717) is 11.6 Å². The van der Waals surface area contributed by atoms with Crippen LogP contribution in [0.3, 0.4) is 0 Å². The van der Waals surface area contributed by atoms with Crippen molar-refractivity contribution in [3.8, 4) is 22.5 Å². The molecule has 0 amide bonds. The Balaban J connectivity index is 0.000000184. The van der Waals surface area contributed by atoms with Gasteiger partial charge >= 0.3 is 0 Å². The molecule has 0 aliphatic heterocycles. The van der Waals surface area contributed by atoms with Gasteiger partial charge in [0.15, 0.2) is 0 Å². The maximum absolute atomic E-state index is 6.07. The van der Waals surface area contributed by atoms with Crippen LogP contribution in [-0.2, 0) is 26.5 Å². The van der Waals surface area contributed by atoms with Crippen molar-refractivity contribution in [1.82, 2.24) is 15.0 Å². The number of nitrogens with zero attached hydrogens (tertiary/aromatic N) is 3. The number of pyridine rings is 3. The molecule has 2 fully saturated rings. The first-order chi connectivity index (χ1) is 25.9. The molecule has 0 spiro atoms. The molecule has 6 heteroatoms. The molecule has 55 heavy (non-hydrogen) atoms. The fourth-order valence-corrected chi connectivity index (χ4v) is 10.4. The molecular formula is C49H59IrN3OSi-2. The van der Waals surface area contributed by atoms with Crippen molar-refractivity contribution in [3.05, 3.63) is 108 Å². The molecule has 4 nitrogen and oxygen atoms in total. The second-order valence-electron chi connectivity index (χ2n) is 18.3. The van der Waals surface area contributed by atoms with Crippen LogP contribution in [0.4, 0.5) is 0 Å². The summed E-state index contributed by atoms with van der Waals surface area (Å²) in [6.45, 7) is 16.6. The fourth-order valence-electron chi connectivity index (χ4n) is 8.86. The summed E-state index contributed by atoms with van der Waals surface area (Å²) in [5.74, 6) is 2.08. The van der Waals surface area contributed by atoms with E-state index in [1.165, 1.54) is 86.1 Å². The Morgan fingerprint density at radius 2 is 1.55 bits per heavy atom. The molecule has 4 heterocycles. The van der Waals surface area contributed by atoms with E-state index in [9.17, 15) is 0 Å².